The quantitative estimate of drug-likeness (QED) is 0.362. The van der Waals surface area contributed by atoms with E-state index in [1.165, 1.54) is 51.4 Å². The molecule has 0 heterocycles. The van der Waals surface area contributed by atoms with Gasteiger partial charge in [-0.25, -0.2) is 0 Å². The van der Waals surface area contributed by atoms with E-state index in [2.05, 4.69) is 27.7 Å². The summed E-state index contributed by atoms with van der Waals surface area (Å²) < 4.78 is 10.3. The zero-order valence-electron chi connectivity index (χ0n) is 17.6. The minimum atomic E-state index is -2.71. The average Bonchev–Trinajstić information content (AvgIpc) is 2.68. The van der Waals surface area contributed by atoms with Gasteiger partial charge in [0.05, 0.1) is 24.6 Å². The summed E-state index contributed by atoms with van der Waals surface area (Å²) in [5, 5.41) is 0.405. The maximum Gasteiger partial charge on any atom is 0.0594 e. The summed E-state index contributed by atoms with van der Waals surface area (Å²) >= 11 is 0. The molecule has 4 heteroatoms. The Balaban J connectivity index is 0.000000577. The summed E-state index contributed by atoms with van der Waals surface area (Å²) in [6, 6.07) is 8.35. The smallest absolute Gasteiger partial charge is 0.0594 e. The van der Waals surface area contributed by atoms with Crippen molar-refractivity contribution < 1.29 is 9.46 Å². The molecule has 1 rings (SSSR count). The van der Waals surface area contributed by atoms with Crippen molar-refractivity contribution in [3.63, 3.8) is 0 Å². The van der Waals surface area contributed by atoms with Crippen LogP contribution in [0.4, 0.5) is 0 Å². The Kier molecular flexibility index (Phi) is 16.9. The van der Waals surface area contributed by atoms with Crippen LogP contribution in [0, 0.1) is 0 Å². The van der Waals surface area contributed by atoms with Crippen molar-refractivity contribution in [3.05, 3.63) is 30.3 Å². The summed E-state index contributed by atoms with van der Waals surface area (Å²) in [5.41, 5.74) is 0. The SMILES string of the molecule is CCCC[P+](CCCC)(CCCC)CCCC.O=[PH]([O-])c1ccccc1. The highest BCUT2D eigenvalue weighted by atomic mass is 31.2. The molecule has 0 amide bonds. The molecule has 0 aliphatic rings. The second-order valence-corrected chi connectivity index (χ2v) is 12.9. The molecule has 0 aliphatic carbocycles. The van der Waals surface area contributed by atoms with Gasteiger partial charge in [-0.15, -0.1) is 0 Å². The molecule has 0 bridgehead atoms. The first-order valence-corrected chi connectivity index (χ1v) is 14.5. The lowest BCUT2D eigenvalue weighted by molar-refractivity contribution is -0.160. The van der Waals surface area contributed by atoms with Gasteiger partial charge in [-0.05, 0) is 31.0 Å². The van der Waals surface area contributed by atoms with E-state index in [-0.39, 0.29) is 0 Å². The van der Waals surface area contributed by atoms with E-state index < -0.39 is 15.3 Å². The van der Waals surface area contributed by atoms with Crippen molar-refractivity contribution in [1.82, 2.24) is 0 Å². The van der Waals surface area contributed by atoms with Crippen LogP contribution in [0.2, 0.25) is 0 Å². The molecule has 1 atom stereocenters. The lowest BCUT2D eigenvalue weighted by Gasteiger charge is -2.28. The third-order valence-electron chi connectivity index (χ3n) is 4.95. The minimum Gasteiger partial charge on any atom is -0.798 e. The molecule has 152 valence electrons. The number of benzene rings is 1. The maximum atomic E-state index is 10.3. The van der Waals surface area contributed by atoms with Crippen LogP contribution in [0.1, 0.15) is 79.1 Å². The number of hydrogen-bond acceptors (Lipinski definition) is 2. The van der Waals surface area contributed by atoms with Crippen LogP contribution in [-0.2, 0) is 4.57 Å². The Labute approximate surface area is 164 Å². The molecule has 26 heavy (non-hydrogen) atoms. The first kappa shape index (κ1) is 25.8. The number of hydrogen-bond donors (Lipinski definition) is 0. The molecular weight excluding hydrogens is 358 g/mol. The molecule has 0 saturated heterocycles. The first-order valence-electron chi connectivity index (χ1n) is 10.7. The van der Waals surface area contributed by atoms with Crippen molar-refractivity contribution in [2.24, 2.45) is 0 Å². The van der Waals surface area contributed by atoms with E-state index >= 15 is 0 Å². The van der Waals surface area contributed by atoms with Gasteiger partial charge in [-0.3, -0.25) is 0 Å². The van der Waals surface area contributed by atoms with Gasteiger partial charge in [-0.1, -0.05) is 83.7 Å². The van der Waals surface area contributed by atoms with Gasteiger partial charge in [0.1, 0.15) is 0 Å². The van der Waals surface area contributed by atoms with E-state index in [0.29, 0.717) is 5.30 Å². The standard InChI is InChI=1S/C16H36P.C6H7O2P/c1-5-9-13-17(14-10-6-2,15-11-7-3)16-12-8-4;7-9(8)6-4-2-1-3-5-6/h5-16H2,1-4H3;1-5,9H,(H,7,8)/q+1;/p-1. The van der Waals surface area contributed by atoms with E-state index in [9.17, 15) is 9.46 Å². The molecule has 0 aliphatic heterocycles. The van der Waals surface area contributed by atoms with Gasteiger partial charge >= 0.3 is 0 Å². The molecule has 0 fully saturated rings. The molecule has 0 N–H and O–H groups in total. The topological polar surface area (TPSA) is 40.1 Å². The molecular formula is C22H42O2P2. The first-order chi connectivity index (χ1) is 12.5. The predicted octanol–water partition coefficient (Wildman–Crippen LogP) is 6.35. The van der Waals surface area contributed by atoms with Crippen molar-refractivity contribution in [2.45, 2.75) is 79.1 Å². The molecule has 0 saturated carbocycles. The van der Waals surface area contributed by atoms with Crippen LogP contribution in [0.25, 0.3) is 0 Å². The summed E-state index contributed by atoms with van der Waals surface area (Å²) in [5.74, 6) is 0. The van der Waals surface area contributed by atoms with Gasteiger partial charge in [-0.2, -0.15) is 0 Å². The third-order valence-corrected chi connectivity index (χ3v) is 10.8. The van der Waals surface area contributed by atoms with Crippen LogP contribution in [0.15, 0.2) is 30.3 Å². The molecule has 0 radical (unpaired) electrons. The van der Waals surface area contributed by atoms with Crippen molar-refractivity contribution in [1.29, 1.82) is 0 Å². The highest BCUT2D eigenvalue weighted by Crippen LogP contribution is 2.61. The van der Waals surface area contributed by atoms with Gasteiger partial charge in [0.15, 0.2) is 0 Å². The molecule has 2 nitrogen and oxygen atoms in total. The average molecular weight is 401 g/mol. The fraction of sp³-hybridized carbons (Fsp3) is 0.727. The minimum absolute atomic E-state index is 0.405. The summed E-state index contributed by atoms with van der Waals surface area (Å²) in [6.07, 6.45) is 17.9. The fourth-order valence-corrected chi connectivity index (χ4v) is 8.97. The molecule has 1 unspecified atom stereocenters. The van der Waals surface area contributed by atoms with Crippen LogP contribution < -0.4 is 10.2 Å². The van der Waals surface area contributed by atoms with E-state index in [1.54, 1.807) is 55.0 Å². The number of unbranched alkanes of at least 4 members (excludes halogenated alkanes) is 4. The van der Waals surface area contributed by atoms with E-state index in [1.807, 2.05) is 0 Å². The Bertz CT molecular complexity index is 411. The maximum absolute atomic E-state index is 10.3. The Morgan fingerprint density at radius 2 is 1.08 bits per heavy atom. The second kappa shape index (κ2) is 17.0. The highest BCUT2D eigenvalue weighted by molar-refractivity contribution is 7.75. The largest absolute Gasteiger partial charge is 0.798 e. The van der Waals surface area contributed by atoms with Crippen LogP contribution in [0.5, 0.6) is 0 Å². The van der Waals surface area contributed by atoms with Gasteiger partial charge in [0, 0.05) is 15.3 Å². The lowest BCUT2D eigenvalue weighted by atomic mass is 10.4. The van der Waals surface area contributed by atoms with Gasteiger partial charge in [0.2, 0.25) is 0 Å². The second-order valence-electron chi connectivity index (χ2n) is 7.30. The summed E-state index contributed by atoms with van der Waals surface area (Å²) in [6.45, 7) is 9.42. The van der Waals surface area contributed by atoms with Crippen molar-refractivity contribution >= 4 is 20.6 Å². The highest BCUT2D eigenvalue weighted by Gasteiger charge is 2.34. The molecule has 1 aromatic carbocycles. The zero-order valence-corrected chi connectivity index (χ0v) is 19.5. The normalized spacial score (nSPS) is 12.3. The van der Waals surface area contributed by atoms with E-state index in [4.69, 9.17) is 0 Å². The summed E-state index contributed by atoms with van der Waals surface area (Å²) in [4.78, 5) is 10.3. The zero-order chi connectivity index (χ0) is 19.7. The lowest BCUT2D eigenvalue weighted by Crippen LogP contribution is -2.12. The van der Waals surface area contributed by atoms with Gasteiger partial charge < -0.3 is 9.46 Å². The Hall–Kier alpha value is -0.160. The Morgan fingerprint density at radius 3 is 1.31 bits per heavy atom. The monoisotopic (exact) mass is 400 g/mol. The summed E-state index contributed by atoms with van der Waals surface area (Å²) in [7, 11) is -3.27. The van der Waals surface area contributed by atoms with Crippen molar-refractivity contribution in [3.8, 4) is 0 Å². The molecule has 0 aromatic heterocycles. The molecule has 0 spiro atoms. The van der Waals surface area contributed by atoms with Crippen LogP contribution in [-0.4, -0.2) is 24.6 Å². The van der Waals surface area contributed by atoms with Gasteiger partial charge in [0.25, 0.3) is 0 Å². The Morgan fingerprint density at radius 1 is 0.731 bits per heavy atom. The fourth-order valence-electron chi connectivity index (χ4n) is 3.22. The van der Waals surface area contributed by atoms with Crippen LogP contribution in [0.3, 0.4) is 0 Å². The van der Waals surface area contributed by atoms with Crippen LogP contribution >= 0.6 is 15.3 Å². The van der Waals surface area contributed by atoms with Crippen molar-refractivity contribution in [2.75, 3.05) is 24.6 Å². The number of rotatable bonds is 13. The predicted molar refractivity (Wildman–Crippen MR) is 121 cm³/mol. The molecule has 1 aromatic rings. The third kappa shape index (κ3) is 12.3. The van der Waals surface area contributed by atoms with E-state index in [0.717, 1.165) is 0 Å².